The molecule has 1 N–H and O–H groups in total. The van der Waals surface area contributed by atoms with Gasteiger partial charge in [-0.2, -0.15) is 5.10 Å². The minimum atomic E-state index is -4.93. The molecule has 0 amide bonds. The monoisotopic (exact) mass is 446 g/mol. The molecule has 30 heavy (non-hydrogen) atoms. The van der Waals surface area contributed by atoms with Crippen LogP contribution in [0.3, 0.4) is 0 Å². The van der Waals surface area contributed by atoms with Crippen molar-refractivity contribution in [2.45, 2.75) is 25.6 Å². The normalized spacial score (nSPS) is 18.5. The first-order chi connectivity index (χ1) is 14.3. The van der Waals surface area contributed by atoms with Gasteiger partial charge in [0.15, 0.2) is 11.6 Å². The molecular weight excluding hydrogens is 424 g/mol. The largest absolute Gasteiger partial charge is 0.573 e. The van der Waals surface area contributed by atoms with E-state index in [1.54, 1.807) is 11.6 Å². The molecule has 1 saturated heterocycles. The van der Waals surface area contributed by atoms with Gasteiger partial charge in [0.1, 0.15) is 0 Å². The molecule has 1 aromatic carbocycles. The zero-order chi connectivity index (χ0) is 21.6. The van der Waals surface area contributed by atoms with E-state index in [4.69, 9.17) is 4.74 Å². The lowest BCUT2D eigenvalue weighted by atomic mass is 10.1. The van der Waals surface area contributed by atoms with E-state index >= 15 is 0 Å². The lowest BCUT2D eigenvalue weighted by Gasteiger charge is -2.40. The summed E-state index contributed by atoms with van der Waals surface area (Å²) in [6.07, 6.45) is -3.22. The van der Waals surface area contributed by atoms with Gasteiger partial charge < -0.3 is 9.47 Å². The number of aromatic amines is 1. The second kappa shape index (κ2) is 10.3. The first-order valence-electron chi connectivity index (χ1n) is 9.21. The third kappa shape index (κ3) is 6.73. The second-order valence-electron chi connectivity index (χ2n) is 6.68. The molecule has 0 radical (unpaired) electrons. The molecule has 164 valence electrons. The first-order valence-corrected chi connectivity index (χ1v) is 10.0. The maximum absolute atomic E-state index is 14.1. The Morgan fingerprint density at radius 2 is 2.13 bits per heavy atom. The minimum Gasteiger partial charge on any atom is -0.403 e. The van der Waals surface area contributed by atoms with Crippen LogP contribution in [0.5, 0.6) is 5.75 Å². The van der Waals surface area contributed by atoms with E-state index in [0.29, 0.717) is 38.4 Å². The number of H-pyrrole nitrogens is 1. The van der Waals surface area contributed by atoms with Crippen molar-refractivity contribution >= 4 is 11.9 Å². The molecule has 0 saturated carbocycles. The van der Waals surface area contributed by atoms with Gasteiger partial charge in [-0.3, -0.25) is 10.00 Å². The lowest BCUT2D eigenvalue weighted by Crippen LogP contribution is -2.52. The van der Waals surface area contributed by atoms with E-state index < -0.39 is 17.9 Å². The summed E-state index contributed by atoms with van der Waals surface area (Å²) < 4.78 is 62.7. The summed E-state index contributed by atoms with van der Waals surface area (Å²) in [5.41, 5.74) is 1.35. The number of halogens is 4. The van der Waals surface area contributed by atoms with E-state index in [1.165, 1.54) is 18.0 Å². The average molecular weight is 446 g/mol. The third-order valence-corrected chi connectivity index (χ3v) is 5.30. The van der Waals surface area contributed by atoms with E-state index in [1.807, 2.05) is 6.07 Å². The molecule has 1 aliphatic heterocycles. The van der Waals surface area contributed by atoms with E-state index in [2.05, 4.69) is 30.7 Å². The van der Waals surface area contributed by atoms with Crippen LogP contribution >= 0.6 is 11.9 Å². The van der Waals surface area contributed by atoms with Gasteiger partial charge >= 0.3 is 6.36 Å². The van der Waals surface area contributed by atoms with E-state index in [0.717, 1.165) is 24.4 Å². The maximum Gasteiger partial charge on any atom is 0.573 e. The summed E-state index contributed by atoms with van der Waals surface area (Å²) in [7, 11) is 0. The standard InChI is InChI=1S/C19H22F4N4O2S/c1-2-30-27-8-7-26(16(11-27)13-28-12-15-5-6-24-25-15)10-14-3-4-18(17(20)9-14)29-19(21,22)23/h2-6,9,16H,1,7-8,10-13H2,(H,24,25). The van der Waals surface area contributed by atoms with Crippen LogP contribution in [0.25, 0.3) is 0 Å². The molecule has 6 nitrogen and oxygen atoms in total. The average Bonchev–Trinajstić information content (AvgIpc) is 3.19. The molecule has 0 aliphatic carbocycles. The lowest BCUT2D eigenvalue weighted by molar-refractivity contribution is -0.275. The predicted octanol–water partition coefficient (Wildman–Crippen LogP) is 3.94. The van der Waals surface area contributed by atoms with Crippen molar-refractivity contribution in [1.29, 1.82) is 0 Å². The van der Waals surface area contributed by atoms with Gasteiger partial charge in [0.2, 0.25) is 0 Å². The van der Waals surface area contributed by atoms with Crippen molar-refractivity contribution in [3.05, 3.63) is 59.5 Å². The van der Waals surface area contributed by atoms with Crippen molar-refractivity contribution in [1.82, 2.24) is 19.4 Å². The molecule has 2 heterocycles. The maximum atomic E-state index is 14.1. The Labute approximate surface area is 176 Å². The number of hydrogen-bond donors (Lipinski definition) is 1. The first kappa shape index (κ1) is 22.6. The Morgan fingerprint density at radius 3 is 2.80 bits per heavy atom. The Balaban J connectivity index is 1.63. The van der Waals surface area contributed by atoms with Crippen molar-refractivity contribution in [3.8, 4) is 5.75 Å². The fraction of sp³-hybridized carbons (Fsp3) is 0.421. The van der Waals surface area contributed by atoms with Gasteiger partial charge in [0, 0.05) is 38.4 Å². The molecule has 2 aromatic rings. The number of alkyl halides is 3. The van der Waals surface area contributed by atoms with Crippen LogP contribution in [0.15, 0.2) is 42.4 Å². The molecule has 0 bridgehead atoms. The van der Waals surface area contributed by atoms with Gasteiger partial charge in [-0.05, 0) is 29.2 Å². The topological polar surface area (TPSA) is 53.6 Å². The number of benzene rings is 1. The zero-order valence-corrected chi connectivity index (χ0v) is 16.9. The highest BCUT2D eigenvalue weighted by Gasteiger charge is 2.32. The number of aromatic nitrogens is 2. The van der Waals surface area contributed by atoms with Crippen LogP contribution < -0.4 is 4.74 Å². The molecule has 1 fully saturated rings. The predicted molar refractivity (Wildman–Crippen MR) is 105 cm³/mol. The second-order valence-corrected chi connectivity index (χ2v) is 7.74. The summed E-state index contributed by atoms with van der Waals surface area (Å²) in [5, 5.41) is 8.53. The number of nitrogens with one attached hydrogen (secondary N) is 1. The molecule has 1 aromatic heterocycles. The number of piperazine rings is 1. The Kier molecular flexibility index (Phi) is 7.75. The van der Waals surface area contributed by atoms with Crippen LogP contribution in [0.1, 0.15) is 11.3 Å². The smallest absolute Gasteiger partial charge is 0.403 e. The summed E-state index contributed by atoms with van der Waals surface area (Å²) >= 11 is 1.52. The van der Waals surface area contributed by atoms with Crippen molar-refractivity contribution in [2.24, 2.45) is 0 Å². The highest BCUT2D eigenvalue weighted by Crippen LogP contribution is 2.27. The van der Waals surface area contributed by atoms with Gasteiger partial charge in [-0.25, -0.2) is 8.70 Å². The van der Waals surface area contributed by atoms with Crippen LogP contribution in [-0.2, 0) is 17.9 Å². The van der Waals surface area contributed by atoms with E-state index in [-0.39, 0.29) is 6.04 Å². The summed E-state index contributed by atoms with van der Waals surface area (Å²) in [6, 6.07) is 5.36. The zero-order valence-electron chi connectivity index (χ0n) is 16.1. The number of ether oxygens (including phenoxy) is 2. The Bertz CT molecular complexity index is 819. The SMILES string of the molecule is C=CSN1CCN(Cc2ccc(OC(F)(F)F)c(F)c2)C(COCc2cc[nH]n2)C1. The Morgan fingerprint density at radius 1 is 1.30 bits per heavy atom. The summed E-state index contributed by atoms with van der Waals surface area (Å²) in [5.74, 6) is -1.88. The third-order valence-electron chi connectivity index (χ3n) is 4.52. The van der Waals surface area contributed by atoms with E-state index in [9.17, 15) is 17.6 Å². The summed E-state index contributed by atoms with van der Waals surface area (Å²) in [6.45, 7) is 7.07. The van der Waals surface area contributed by atoms with Gasteiger partial charge in [0.05, 0.1) is 18.9 Å². The van der Waals surface area contributed by atoms with Crippen LogP contribution in [0.4, 0.5) is 17.6 Å². The van der Waals surface area contributed by atoms with Crippen LogP contribution in [0, 0.1) is 5.82 Å². The minimum absolute atomic E-state index is 0.0132. The number of hydrogen-bond acceptors (Lipinski definition) is 6. The summed E-state index contributed by atoms with van der Waals surface area (Å²) in [4.78, 5) is 2.13. The quantitative estimate of drug-likeness (QED) is 0.465. The molecule has 1 aliphatic rings. The van der Waals surface area contributed by atoms with Gasteiger partial charge in [0.25, 0.3) is 0 Å². The molecule has 1 atom stereocenters. The highest BCUT2D eigenvalue weighted by molar-refractivity contribution is 7.99. The fourth-order valence-corrected chi connectivity index (χ4v) is 3.84. The van der Waals surface area contributed by atoms with Crippen LogP contribution in [0.2, 0.25) is 0 Å². The van der Waals surface area contributed by atoms with Gasteiger partial charge in [-0.1, -0.05) is 24.6 Å². The number of nitrogens with zero attached hydrogens (tertiary/aromatic N) is 3. The molecule has 3 rings (SSSR count). The van der Waals surface area contributed by atoms with Crippen molar-refractivity contribution in [2.75, 3.05) is 26.2 Å². The van der Waals surface area contributed by atoms with Gasteiger partial charge in [-0.15, -0.1) is 13.2 Å². The van der Waals surface area contributed by atoms with Crippen molar-refractivity contribution < 1.29 is 27.0 Å². The number of rotatable bonds is 9. The molecular formula is C19H22F4N4O2S. The van der Waals surface area contributed by atoms with Crippen LogP contribution in [-0.4, -0.2) is 58.0 Å². The Hall–Kier alpha value is -2.08. The van der Waals surface area contributed by atoms with Crippen molar-refractivity contribution in [3.63, 3.8) is 0 Å². The molecule has 1 unspecified atom stereocenters. The highest BCUT2D eigenvalue weighted by atomic mass is 32.2. The molecule has 0 spiro atoms. The molecule has 11 heteroatoms. The fourth-order valence-electron chi connectivity index (χ4n) is 3.19.